The van der Waals surface area contributed by atoms with Crippen molar-refractivity contribution in [1.29, 1.82) is 0 Å². The molecule has 0 aromatic heterocycles. The molecule has 104 valence electrons. The predicted octanol–water partition coefficient (Wildman–Crippen LogP) is 1.20. The maximum Gasteiger partial charge on any atom is 0.133 e. The summed E-state index contributed by atoms with van der Waals surface area (Å²) in [6, 6.07) is 0. The second-order valence-electron chi connectivity index (χ2n) is 5.48. The van der Waals surface area contributed by atoms with E-state index in [-0.39, 0.29) is 11.7 Å². The Morgan fingerprint density at radius 3 is 2.28 bits per heavy atom. The summed E-state index contributed by atoms with van der Waals surface area (Å²) in [5.74, 6) is 0.883. The minimum absolute atomic E-state index is 0.254. The summed E-state index contributed by atoms with van der Waals surface area (Å²) in [5.41, 5.74) is 0. The van der Waals surface area contributed by atoms with E-state index in [1.807, 2.05) is 0 Å². The van der Waals surface area contributed by atoms with Gasteiger partial charge in [0.1, 0.15) is 11.6 Å². The lowest BCUT2D eigenvalue weighted by atomic mass is 9.93. The smallest absolute Gasteiger partial charge is 0.133 e. The third-order valence-corrected chi connectivity index (χ3v) is 3.81. The van der Waals surface area contributed by atoms with Gasteiger partial charge in [-0.05, 0) is 46.8 Å². The summed E-state index contributed by atoms with van der Waals surface area (Å²) in [5, 5.41) is 0. The van der Waals surface area contributed by atoms with Crippen molar-refractivity contribution < 1.29 is 9.59 Å². The second kappa shape index (κ2) is 7.64. The van der Waals surface area contributed by atoms with Crippen LogP contribution in [-0.4, -0.2) is 61.1 Å². The van der Waals surface area contributed by atoms with Crippen molar-refractivity contribution in [3.8, 4) is 0 Å². The maximum atomic E-state index is 11.3. The molecule has 0 aromatic rings. The lowest BCUT2D eigenvalue weighted by Crippen LogP contribution is -2.40. The van der Waals surface area contributed by atoms with E-state index in [4.69, 9.17) is 0 Å². The topological polar surface area (TPSA) is 40.6 Å². The van der Waals surface area contributed by atoms with E-state index in [0.29, 0.717) is 12.2 Å². The molecule has 0 N–H and O–H groups in total. The number of Topliss-reactive ketones (excluding diaryl/α,β-unsaturated/α-hetero) is 2. The number of carbonyl (C=O) groups is 2. The van der Waals surface area contributed by atoms with E-state index in [0.717, 1.165) is 45.6 Å². The average Bonchev–Trinajstić information content (AvgIpc) is 2.34. The van der Waals surface area contributed by atoms with Crippen molar-refractivity contribution in [2.24, 2.45) is 5.92 Å². The van der Waals surface area contributed by atoms with Gasteiger partial charge in [0.05, 0.1) is 0 Å². The third-order valence-electron chi connectivity index (χ3n) is 3.81. The number of rotatable bonds is 7. The van der Waals surface area contributed by atoms with Crippen molar-refractivity contribution in [2.75, 3.05) is 39.8 Å². The van der Waals surface area contributed by atoms with Gasteiger partial charge in [-0.3, -0.25) is 9.59 Å². The van der Waals surface area contributed by atoms with Crippen LogP contribution in [-0.2, 0) is 9.59 Å². The lowest BCUT2D eigenvalue weighted by molar-refractivity contribution is -0.122. The van der Waals surface area contributed by atoms with E-state index in [9.17, 15) is 9.59 Å². The van der Waals surface area contributed by atoms with Gasteiger partial charge in [0.2, 0.25) is 0 Å². The summed E-state index contributed by atoms with van der Waals surface area (Å²) in [4.78, 5) is 26.8. The molecule has 0 atom stereocenters. The maximum absolute atomic E-state index is 11.3. The highest BCUT2D eigenvalue weighted by Crippen LogP contribution is 2.17. The molecule has 1 rings (SSSR count). The first-order chi connectivity index (χ1) is 8.49. The van der Waals surface area contributed by atoms with Crippen LogP contribution in [0.3, 0.4) is 0 Å². The Morgan fingerprint density at radius 2 is 1.78 bits per heavy atom. The molecule has 1 fully saturated rings. The Labute approximate surface area is 110 Å². The Morgan fingerprint density at radius 1 is 1.17 bits per heavy atom. The minimum Gasteiger partial charge on any atom is -0.305 e. The molecular weight excluding hydrogens is 228 g/mol. The van der Waals surface area contributed by atoms with Crippen LogP contribution >= 0.6 is 0 Å². The zero-order chi connectivity index (χ0) is 13.5. The van der Waals surface area contributed by atoms with Crippen molar-refractivity contribution in [1.82, 2.24) is 9.80 Å². The monoisotopic (exact) mass is 254 g/mol. The van der Waals surface area contributed by atoms with Gasteiger partial charge in [-0.15, -0.1) is 0 Å². The molecule has 0 bridgehead atoms. The standard InChI is InChI=1S/C14H26N2O2/c1-12(17)4-7-15(3)10-11-16-8-5-14(6-9-16)13(2)18/h14H,4-11H2,1-3H3. The molecule has 0 radical (unpaired) electrons. The molecule has 18 heavy (non-hydrogen) atoms. The quantitative estimate of drug-likeness (QED) is 0.684. The predicted molar refractivity (Wildman–Crippen MR) is 72.6 cm³/mol. The number of nitrogens with zero attached hydrogens (tertiary/aromatic N) is 2. The van der Waals surface area contributed by atoms with E-state index >= 15 is 0 Å². The average molecular weight is 254 g/mol. The fourth-order valence-corrected chi connectivity index (χ4v) is 2.34. The number of ketones is 2. The number of hydrogen-bond donors (Lipinski definition) is 0. The first kappa shape index (κ1) is 15.3. The van der Waals surface area contributed by atoms with Gasteiger partial charge in [-0.2, -0.15) is 0 Å². The number of carbonyl (C=O) groups excluding carboxylic acids is 2. The molecule has 4 nitrogen and oxygen atoms in total. The molecule has 1 heterocycles. The molecule has 0 amide bonds. The highest BCUT2D eigenvalue weighted by molar-refractivity contribution is 5.78. The van der Waals surface area contributed by atoms with Crippen LogP contribution in [0.2, 0.25) is 0 Å². The third kappa shape index (κ3) is 5.74. The number of likely N-dealkylation sites (tertiary alicyclic amines) is 1. The molecule has 1 aliphatic rings. The van der Waals surface area contributed by atoms with Crippen molar-refractivity contribution >= 4 is 11.6 Å². The van der Waals surface area contributed by atoms with Gasteiger partial charge >= 0.3 is 0 Å². The summed E-state index contributed by atoms with van der Waals surface area (Å²) < 4.78 is 0. The summed E-state index contributed by atoms with van der Waals surface area (Å²) in [6.45, 7) is 8.29. The molecular formula is C14H26N2O2. The molecule has 0 aromatic carbocycles. The van der Waals surface area contributed by atoms with Gasteiger partial charge in [-0.25, -0.2) is 0 Å². The molecule has 1 aliphatic heterocycles. The van der Waals surface area contributed by atoms with Crippen LogP contribution in [0.25, 0.3) is 0 Å². The summed E-state index contributed by atoms with van der Waals surface area (Å²) in [6.07, 6.45) is 2.65. The van der Waals surface area contributed by atoms with Gasteiger partial charge in [0.25, 0.3) is 0 Å². The van der Waals surface area contributed by atoms with Gasteiger partial charge in [0.15, 0.2) is 0 Å². The molecule has 4 heteroatoms. The van der Waals surface area contributed by atoms with Gasteiger partial charge in [0, 0.05) is 32.0 Å². The molecule has 1 saturated heterocycles. The summed E-state index contributed by atoms with van der Waals surface area (Å²) >= 11 is 0. The van der Waals surface area contributed by atoms with Crippen molar-refractivity contribution in [3.05, 3.63) is 0 Å². The number of likely N-dealkylation sites (N-methyl/N-ethyl adjacent to an activating group) is 1. The van der Waals surface area contributed by atoms with Crippen LogP contribution in [0, 0.1) is 5.92 Å². The second-order valence-corrected chi connectivity index (χ2v) is 5.48. The van der Waals surface area contributed by atoms with E-state index in [2.05, 4.69) is 16.8 Å². The Kier molecular flexibility index (Phi) is 6.50. The van der Waals surface area contributed by atoms with Crippen LogP contribution in [0.1, 0.15) is 33.1 Å². The molecule has 0 saturated carbocycles. The first-order valence-corrected chi connectivity index (χ1v) is 6.90. The van der Waals surface area contributed by atoms with E-state index < -0.39 is 0 Å². The zero-order valence-electron chi connectivity index (χ0n) is 11.9. The van der Waals surface area contributed by atoms with Crippen LogP contribution < -0.4 is 0 Å². The zero-order valence-corrected chi connectivity index (χ0v) is 11.9. The summed E-state index contributed by atoms with van der Waals surface area (Å²) in [7, 11) is 2.06. The normalized spacial score (nSPS) is 18.2. The van der Waals surface area contributed by atoms with Crippen LogP contribution in [0.4, 0.5) is 0 Å². The molecule has 0 aliphatic carbocycles. The van der Waals surface area contributed by atoms with Crippen LogP contribution in [0.15, 0.2) is 0 Å². The van der Waals surface area contributed by atoms with E-state index in [1.54, 1.807) is 13.8 Å². The number of piperidine rings is 1. The molecule has 0 spiro atoms. The van der Waals surface area contributed by atoms with Gasteiger partial charge < -0.3 is 9.80 Å². The SMILES string of the molecule is CC(=O)CCN(C)CCN1CCC(C(C)=O)CC1. The first-order valence-electron chi connectivity index (χ1n) is 6.90. The van der Waals surface area contributed by atoms with E-state index in [1.165, 1.54) is 0 Å². The highest BCUT2D eigenvalue weighted by Gasteiger charge is 2.21. The largest absolute Gasteiger partial charge is 0.305 e. The fourth-order valence-electron chi connectivity index (χ4n) is 2.34. The highest BCUT2D eigenvalue weighted by atomic mass is 16.1. The fraction of sp³-hybridized carbons (Fsp3) is 0.857. The van der Waals surface area contributed by atoms with Crippen molar-refractivity contribution in [3.63, 3.8) is 0 Å². The van der Waals surface area contributed by atoms with Crippen LogP contribution in [0.5, 0.6) is 0 Å². The lowest BCUT2D eigenvalue weighted by Gasteiger charge is -2.31. The Balaban J connectivity index is 2.13. The van der Waals surface area contributed by atoms with Gasteiger partial charge in [-0.1, -0.05) is 0 Å². The van der Waals surface area contributed by atoms with Crippen molar-refractivity contribution in [2.45, 2.75) is 33.1 Å². The Bertz CT molecular complexity index is 284. The minimum atomic E-state index is 0.254. The molecule has 0 unspecified atom stereocenters. The Hall–Kier alpha value is -0.740. The number of hydrogen-bond acceptors (Lipinski definition) is 4.